The van der Waals surface area contributed by atoms with Gasteiger partial charge in [-0.25, -0.2) is 0 Å². The molecular weight excluding hydrogens is 264 g/mol. The van der Waals surface area contributed by atoms with Crippen molar-refractivity contribution in [2.45, 2.75) is 31.3 Å². The van der Waals surface area contributed by atoms with Gasteiger partial charge in [-0.15, -0.1) is 0 Å². The van der Waals surface area contributed by atoms with Crippen molar-refractivity contribution in [3.05, 3.63) is 36.4 Å². The van der Waals surface area contributed by atoms with E-state index in [0.29, 0.717) is 12.1 Å². The summed E-state index contributed by atoms with van der Waals surface area (Å²) in [5.41, 5.74) is 0.774. The van der Waals surface area contributed by atoms with Crippen LogP contribution >= 0.6 is 0 Å². The van der Waals surface area contributed by atoms with E-state index in [2.05, 4.69) is 10.6 Å². The lowest BCUT2D eigenvalue weighted by molar-refractivity contribution is -0.120. The first kappa shape index (κ1) is 12.7. The minimum absolute atomic E-state index is 0.0660. The topological polar surface area (TPSA) is 61.4 Å². The van der Waals surface area contributed by atoms with Gasteiger partial charge < -0.3 is 15.7 Å². The van der Waals surface area contributed by atoms with Gasteiger partial charge in [0.05, 0.1) is 5.92 Å². The zero-order valence-corrected chi connectivity index (χ0v) is 11.7. The highest BCUT2D eigenvalue weighted by Crippen LogP contribution is 2.35. The molecule has 2 aliphatic rings. The van der Waals surface area contributed by atoms with Crippen LogP contribution in [0.4, 0.5) is 5.69 Å². The van der Waals surface area contributed by atoms with Crippen LogP contribution in [0, 0.1) is 5.92 Å². The van der Waals surface area contributed by atoms with E-state index in [1.165, 1.54) is 6.42 Å². The highest BCUT2D eigenvalue weighted by atomic mass is 16.3. The molecule has 2 bridgehead atoms. The van der Waals surface area contributed by atoms with Gasteiger partial charge in [0.25, 0.3) is 0 Å². The van der Waals surface area contributed by atoms with Crippen LogP contribution in [0.5, 0.6) is 5.75 Å². The van der Waals surface area contributed by atoms with Crippen molar-refractivity contribution in [2.24, 2.45) is 5.92 Å². The van der Waals surface area contributed by atoms with E-state index in [9.17, 15) is 9.90 Å². The number of nitrogens with one attached hydrogen (secondary N) is 2. The molecule has 2 fully saturated rings. The normalized spacial score (nSPS) is 27.1. The molecule has 4 nitrogen and oxygen atoms in total. The Balaban J connectivity index is 1.63. The molecule has 2 aromatic rings. The number of carbonyl (C=O) groups excluding carboxylic acids is 1. The van der Waals surface area contributed by atoms with Gasteiger partial charge in [-0.1, -0.05) is 24.3 Å². The Bertz CT molecular complexity index is 713. The Morgan fingerprint density at radius 3 is 2.71 bits per heavy atom. The highest BCUT2D eigenvalue weighted by molar-refractivity contribution is 6.04. The molecule has 2 saturated heterocycles. The molecule has 2 aromatic carbocycles. The standard InChI is InChI=1S/C17H18N2O2/c20-16-6-2-3-11-12(16)4-1-5-14(11)19-17(21)13-9-10-7-8-15(13)18-10/h1-6,10,13,15,18,20H,7-9H2,(H,19,21). The monoisotopic (exact) mass is 282 g/mol. The van der Waals surface area contributed by atoms with Gasteiger partial charge in [-0.2, -0.15) is 0 Å². The van der Waals surface area contributed by atoms with E-state index in [4.69, 9.17) is 0 Å². The highest BCUT2D eigenvalue weighted by Gasteiger charge is 2.42. The smallest absolute Gasteiger partial charge is 0.229 e. The van der Waals surface area contributed by atoms with Crippen LogP contribution in [0.1, 0.15) is 19.3 Å². The number of anilines is 1. The molecule has 3 N–H and O–H groups in total. The molecule has 0 spiro atoms. The zero-order chi connectivity index (χ0) is 14.4. The maximum atomic E-state index is 12.5. The van der Waals surface area contributed by atoms with Crippen molar-refractivity contribution in [3.63, 3.8) is 0 Å². The largest absolute Gasteiger partial charge is 0.507 e. The number of phenols is 1. The Hall–Kier alpha value is -2.07. The van der Waals surface area contributed by atoms with Gasteiger partial charge in [0.1, 0.15) is 5.75 Å². The zero-order valence-electron chi connectivity index (χ0n) is 11.7. The Morgan fingerprint density at radius 1 is 1.14 bits per heavy atom. The fraction of sp³-hybridized carbons (Fsp3) is 0.353. The van der Waals surface area contributed by atoms with E-state index in [-0.39, 0.29) is 17.6 Å². The molecule has 0 radical (unpaired) electrons. The fourth-order valence-electron chi connectivity index (χ4n) is 3.74. The molecule has 0 saturated carbocycles. The Kier molecular flexibility index (Phi) is 2.86. The molecule has 108 valence electrons. The minimum Gasteiger partial charge on any atom is -0.507 e. The van der Waals surface area contributed by atoms with Gasteiger partial charge in [0.15, 0.2) is 0 Å². The molecule has 3 unspecified atom stereocenters. The van der Waals surface area contributed by atoms with E-state index >= 15 is 0 Å². The van der Waals surface area contributed by atoms with Gasteiger partial charge in [-0.05, 0) is 31.4 Å². The lowest BCUT2D eigenvalue weighted by Gasteiger charge is -2.20. The first-order valence-electron chi connectivity index (χ1n) is 7.50. The maximum absolute atomic E-state index is 12.5. The molecule has 1 amide bonds. The lowest BCUT2D eigenvalue weighted by atomic mass is 9.88. The number of benzene rings is 2. The second-order valence-corrected chi connectivity index (χ2v) is 6.06. The third kappa shape index (κ3) is 2.07. The predicted molar refractivity (Wildman–Crippen MR) is 82.3 cm³/mol. The van der Waals surface area contributed by atoms with Crippen LogP contribution in [0.25, 0.3) is 10.8 Å². The van der Waals surface area contributed by atoms with Crippen LogP contribution in [-0.4, -0.2) is 23.1 Å². The number of amides is 1. The van der Waals surface area contributed by atoms with Crippen molar-refractivity contribution in [3.8, 4) is 5.75 Å². The molecule has 21 heavy (non-hydrogen) atoms. The summed E-state index contributed by atoms with van der Waals surface area (Å²) in [6.07, 6.45) is 3.22. The summed E-state index contributed by atoms with van der Waals surface area (Å²) in [5.74, 6) is 0.395. The van der Waals surface area contributed by atoms with Gasteiger partial charge in [-0.3, -0.25) is 4.79 Å². The van der Waals surface area contributed by atoms with Gasteiger partial charge in [0.2, 0.25) is 5.91 Å². The summed E-state index contributed by atoms with van der Waals surface area (Å²) in [7, 11) is 0. The molecule has 4 heteroatoms. The SMILES string of the molecule is O=C(Nc1cccc2c(O)cccc12)C1CC2CCC1N2. The number of carbonyl (C=O) groups is 1. The van der Waals surface area contributed by atoms with E-state index in [0.717, 1.165) is 29.3 Å². The van der Waals surface area contributed by atoms with E-state index in [1.807, 2.05) is 24.3 Å². The number of hydrogen-bond donors (Lipinski definition) is 3. The molecule has 2 heterocycles. The maximum Gasteiger partial charge on any atom is 0.229 e. The summed E-state index contributed by atoms with van der Waals surface area (Å²) in [6, 6.07) is 11.8. The number of rotatable bonds is 2. The fourth-order valence-corrected chi connectivity index (χ4v) is 3.74. The Labute approximate surface area is 123 Å². The van der Waals surface area contributed by atoms with E-state index < -0.39 is 0 Å². The van der Waals surface area contributed by atoms with Crippen molar-refractivity contribution in [1.82, 2.24) is 5.32 Å². The van der Waals surface area contributed by atoms with Crippen molar-refractivity contribution in [1.29, 1.82) is 0 Å². The van der Waals surface area contributed by atoms with Crippen LogP contribution in [0.2, 0.25) is 0 Å². The average molecular weight is 282 g/mol. The minimum atomic E-state index is 0.0660. The summed E-state index contributed by atoms with van der Waals surface area (Å²) >= 11 is 0. The first-order chi connectivity index (χ1) is 10.2. The first-order valence-corrected chi connectivity index (χ1v) is 7.50. The molecule has 0 aromatic heterocycles. The van der Waals surface area contributed by atoms with Crippen LogP contribution in [-0.2, 0) is 4.79 Å². The average Bonchev–Trinajstić information content (AvgIpc) is 3.11. The second-order valence-electron chi connectivity index (χ2n) is 6.06. The van der Waals surface area contributed by atoms with Gasteiger partial charge in [0, 0.05) is 28.5 Å². The number of aromatic hydroxyl groups is 1. The lowest BCUT2D eigenvalue weighted by Crippen LogP contribution is -2.32. The summed E-state index contributed by atoms with van der Waals surface area (Å²) in [5, 5.41) is 18.1. The molecule has 0 aliphatic carbocycles. The summed E-state index contributed by atoms with van der Waals surface area (Å²) < 4.78 is 0. The second kappa shape index (κ2) is 4.74. The third-order valence-corrected chi connectivity index (χ3v) is 4.79. The number of fused-ring (bicyclic) bond motifs is 3. The van der Waals surface area contributed by atoms with Crippen LogP contribution in [0.3, 0.4) is 0 Å². The number of phenolic OH excluding ortho intramolecular Hbond substituents is 1. The molecule has 3 atom stereocenters. The Morgan fingerprint density at radius 2 is 1.95 bits per heavy atom. The van der Waals surface area contributed by atoms with Gasteiger partial charge >= 0.3 is 0 Å². The predicted octanol–water partition coefficient (Wildman–Crippen LogP) is 2.62. The summed E-state index contributed by atoms with van der Waals surface area (Å²) in [6.45, 7) is 0. The van der Waals surface area contributed by atoms with E-state index in [1.54, 1.807) is 12.1 Å². The molecule has 4 rings (SSSR count). The summed E-state index contributed by atoms with van der Waals surface area (Å²) in [4.78, 5) is 12.5. The molecular formula is C17H18N2O2. The van der Waals surface area contributed by atoms with Crippen molar-refractivity contribution in [2.75, 3.05) is 5.32 Å². The number of hydrogen-bond acceptors (Lipinski definition) is 3. The van der Waals surface area contributed by atoms with Crippen molar-refractivity contribution >= 4 is 22.4 Å². The quantitative estimate of drug-likeness (QED) is 0.793. The van der Waals surface area contributed by atoms with Crippen LogP contribution in [0.15, 0.2) is 36.4 Å². The third-order valence-electron chi connectivity index (χ3n) is 4.79. The molecule has 2 aliphatic heterocycles. The van der Waals surface area contributed by atoms with Crippen molar-refractivity contribution < 1.29 is 9.90 Å². The van der Waals surface area contributed by atoms with Crippen LogP contribution < -0.4 is 10.6 Å².